The van der Waals surface area contributed by atoms with Crippen LogP contribution < -0.4 is 4.74 Å². The molecule has 5 heteroatoms. The Hall–Kier alpha value is -1.59. The van der Waals surface area contributed by atoms with E-state index in [1.807, 2.05) is 24.3 Å². The molecule has 1 rings (SSSR count). The highest BCUT2D eigenvalue weighted by Gasteiger charge is 2.16. The normalized spacial score (nSPS) is 12.0. The van der Waals surface area contributed by atoms with Crippen LogP contribution in [0.2, 0.25) is 0 Å². The summed E-state index contributed by atoms with van der Waals surface area (Å²) in [4.78, 5) is 13.7. The van der Waals surface area contributed by atoms with Gasteiger partial charge in [-0.2, -0.15) is 0 Å². The number of carbonyl (C=O) groups excluding carboxylic acids is 1. The van der Waals surface area contributed by atoms with Crippen LogP contribution in [-0.2, 0) is 11.3 Å². The van der Waals surface area contributed by atoms with Gasteiger partial charge in [0, 0.05) is 25.1 Å². The molecule has 20 heavy (non-hydrogen) atoms. The van der Waals surface area contributed by atoms with E-state index in [1.165, 1.54) is 0 Å². The second-order valence-corrected chi connectivity index (χ2v) is 4.74. The molecule has 0 aliphatic heterocycles. The number of nitrogens with zero attached hydrogens (tertiary/aromatic N) is 1. The minimum absolute atomic E-state index is 0.0779. The Morgan fingerprint density at radius 1 is 1.40 bits per heavy atom. The molecule has 0 heterocycles. The summed E-state index contributed by atoms with van der Waals surface area (Å²) >= 11 is 0. The zero-order chi connectivity index (χ0) is 15.0. The number of hydrogen-bond acceptors (Lipinski definition) is 4. The van der Waals surface area contributed by atoms with Crippen molar-refractivity contribution in [3.63, 3.8) is 0 Å². The molecule has 1 aromatic rings. The first-order valence-corrected chi connectivity index (χ1v) is 6.77. The van der Waals surface area contributed by atoms with E-state index in [0.29, 0.717) is 13.0 Å². The molecule has 0 aliphatic carbocycles. The molecule has 5 nitrogen and oxygen atoms in total. The lowest BCUT2D eigenvalue weighted by atomic mass is 10.1. The highest BCUT2D eigenvalue weighted by molar-refractivity contribution is 5.76. The molecule has 112 valence electrons. The smallest absolute Gasteiger partial charge is 0.223 e. The molecular weight excluding hydrogens is 258 g/mol. The van der Waals surface area contributed by atoms with Crippen LogP contribution in [0.1, 0.15) is 25.3 Å². The summed E-state index contributed by atoms with van der Waals surface area (Å²) < 4.78 is 5.26. The van der Waals surface area contributed by atoms with Gasteiger partial charge in [-0.3, -0.25) is 4.79 Å². The van der Waals surface area contributed by atoms with Crippen LogP contribution in [-0.4, -0.2) is 47.4 Å². The van der Waals surface area contributed by atoms with Crippen molar-refractivity contribution in [1.29, 1.82) is 0 Å². The Kier molecular flexibility index (Phi) is 7.04. The van der Waals surface area contributed by atoms with E-state index >= 15 is 0 Å². The van der Waals surface area contributed by atoms with Crippen LogP contribution >= 0.6 is 0 Å². The van der Waals surface area contributed by atoms with E-state index < -0.39 is 6.10 Å². The number of aliphatic hydroxyl groups is 2. The number of rotatable bonds is 8. The SMILES string of the molecule is COc1ccccc1CN(CCO)C(=O)CCC(C)O. The largest absolute Gasteiger partial charge is 0.496 e. The topological polar surface area (TPSA) is 70.0 Å². The Bertz CT molecular complexity index is 420. The molecule has 0 aliphatic rings. The van der Waals surface area contributed by atoms with Gasteiger partial charge in [-0.15, -0.1) is 0 Å². The fraction of sp³-hybridized carbons (Fsp3) is 0.533. The molecule has 0 spiro atoms. The second kappa shape index (κ2) is 8.55. The fourth-order valence-electron chi connectivity index (χ4n) is 1.94. The molecule has 1 unspecified atom stereocenters. The predicted molar refractivity (Wildman–Crippen MR) is 76.4 cm³/mol. The highest BCUT2D eigenvalue weighted by atomic mass is 16.5. The molecule has 0 radical (unpaired) electrons. The van der Waals surface area contributed by atoms with E-state index in [9.17, 15) is 9.90 Å². The predicted octanol–water partition coefficient (Wildman–Crippen LogP) is 1.18. The minimum Gasteiger partial charge on any atom is -0.496 e. The maximum absolute atomic E-state index is 12.1. The number of ether oxygens (including phenoxy) is 1. The lowest BCUT2D eigenvalue weighted by Gasteiger charge is -2.23. The number of methoxy groups -OCH3 is 1. The molecule has 0 aromatic heterocycles. The first-order valence-electron chi connectivity index (χ1n) is 6.77. The molecule has 0 saturated heterocycles. The lowest BCUT2D eigenvalue weighted by molar-refractivity contribution is -0.132. The Morgan fingerprint density at radius 3 is 2.70 bits per heavy atom. The Labute approximate surface area is 119 Å². The van der Waals surface area contributed by atoms with Crippen molar-refractivity contribution in [3.05, 3.63) is 29.8 Å². The van der Waals surface area contributed by atoms with Crippen LogP contribution in [0.3, 0.4) is 0 Å². The quantitative estimate of drug-likeness (QED) is 0.750. The lowest BCUT2D eigenvalue weighted by Crippen LogP contribution is -2.33. The van der Waals surface area contributed by atoms with Crippen molar-refractivity contribution in [2.24, 2.45) is 0 Å². The van der Waals surface area contributed by atoms with Gasteiger partial charge in [0.2, 0.25) is 5.91 Å². The number of hydrogen-bond donors (Lipinski definition) is 2. The van der Waals surface area contributed by atoms with E-state index in [0.717, 1.165) is 11.3 Å². The third kappa shape index (κ3) is 5.19. The van der Waals surface area contributed by atoms with Gasteiger partial charge in [0.1, 0.15) is 5.75 Å². The zero-order valence-corrected chi connectivity index (χ0v) is 12.1. The van der Waals surface area contributed by atoms with Crippen molar-refractivity contribution in [1.82, 2.24) is 4.90 Å². The number of aliphatic hydroxyl groups excluding tert-OH is 2. The number of carbonyl (C=O) groups is 1. The van der Waals surface area contributed by atoms with Crippen molar-refractivity contribution in [2.75, 3.05) is 20.3 Å². The van der Waals surface area contributed by atoms with Gasteiger partial charge < -0.3 is 19.8 Å². The van der Waals surface area contributed by atoms with Crippen molar-refractivity contribution < 1.29 is 19.7 Å². The summed E-state index contributed by atoms with van der Waals surface area (Å²) in [6, 6.07) is 7.49. The van der Waals surface area contributed by atoms with Gasteiger partial charge in [0.05, 0.1) is 19.8 Å². The van der Waals surface area contributed by atoms with E-state index in [1.54, 1.807) is 18.9 Å². The number of amides is 1. The average molecular weight is 281 g/mol. The average Bonchev–Trinajstić information content (AvgIpc) is 2.44. The van der Waals surface area contributed by atoms with E-state index in [-0.39, 0.29) is 25.5 Å². The molecule has 0 saturated carbocycles. The first-order chi connectivity index (χ1) is 9.58. The summed E-state index contributed by atoms with van der Waals surface area (Å²) in [6.07, 6.45) is 0.195. The molecule has 0 fully saturated rings. The van der Waals surface area contributed by atoms with Crippen molar-refractivity contribution in [3.8, 4) is 5.75 Å². The maximum Gasteiger partial charge on any atom is 0.223 e. The number of benzene rings is 1. The first kappa shape index (κ1) is 16.5. The van der Waals surface area contributed by atoms with Crippen molar-refractivity contribution in [2.45, 2.75) is 32.4 Å². The Balaban J connectivity index is 2.73. The van der Waals surface area contributed by atoms with Gasteiger partial charge in [-0.25, -0.2) is 0 Å². The van der Waals surface area contributed by atoms with Gasteiger partial charge >= 0.3 is 0 Å². The van der Waals surface area contributed by atoms with Gasteiger partial charge in [-0.05, 0) is 19.4 Å². The van der Waals surface area contributed by atoms with Gasteiger partial charge in [-0.1, -0.05) is 18.2 Å². The summed E-state index contributed by atoms with van der Waals surface area (Å²) in [7, 11) is 1.59. The molecule has 2 N–H and O–H groups in total. The van der Waals surface area contributed by atoms with Crippen LogP contribution in [0.15, 0.2) is 24.3 Å². The number of para-hydroxylation sites is 1. The highest BCUT2D eigenvalue weighted by Crippen LogP contribution is 2.19. The summed E-state index contributed by atoms with van der Waals surface area (Å²) in [5.41, 5.74) is 0.897. The Morgan fingerprint density at radius 2 is 2.10 bits per heavy atom. The minimum atomic E-state index is -0.499. The summed E-state index contributed by atoms with van der Waals surface area (Å²) in [6.45, 7) is 2.24. The molecular formula is C15H23NO4. The van der Waals surface area contributed by atoms with Crippen LogP contribution in [0.25, 0.3) is 0 Å². The van der Waals surface area contributed by atoms with E-state index in [4.69, 9.17) is 9.84 Å². The van der Waals surface area contributed by atoms with E-state index in [2.05, 4.69) is 0 Å². The molecule has 0 bridgehead atoms. The summed E-state index contributed by atoms with van der Waals surface area (Å²) in [5.74, 6) is 0.643. The van der Waals surface area contributed by atoms with Crippen LogP contribution in [0.5, 0.6) is 5.75 Å². The van der Waals surface area contributed by atoms with Crippen LogP contribution in [0, 0.1) is 0 Å². The zero-order valence-electron chi connectivity index (χ0n) is 12.1. The summed E-state index contributed by atoms with van der Waals surface area (Å²) in [5, 5.41) is 18.3. The maximum atomic E-state index is 12.1. The molecule has 1 aromatic carbocycles. The second-order valence-electron chi connectivity index (χ2n) is 4.74. The molecule has 1 atom stereocenters. The third-order valence-corrected chi connectivity index (χ3v) is 3.05. The fourth-order valence-corrected chi connectivity index (χ4v) is 1.94. The van der Waals surface area contributed by atoms with Gasteiger partial charge in [0.15, 0.2) is 0 Å². The standard InChI is InChI=1S/C15H23NO4/c1-12(18)7-8-15(19)16(9-10-17)11-13-5-3-4-6-14(13)20-2/h3-6,12,17-18H,7-11H2,1-2H3. The van der Waals surface area contributed by atoms with Crippen LogP contribution in [0.4, 0.5) is 0 Å². The van der Waals surface area contributed by atoms with Gasteiger partial charge in [0.25, 0.3) is 0 Å². The third-order valence-electron chi connectivity index (χ3n) is 3.05. The molecule has 1 amide bonds. The van der Waals surface area contributed by atoms with Crippen molar-refractivity contribution >= 4 is 5.91 Å². The monoisotopic (exact) mass is 281 g/mol.